The normalized spacial score (nSPS) is 32.9. The Kier molecular flexibility index (Phi) is 8.19. The maximum atomic E-state index is 11.5. The number of carboxylic acids is 1. The number of rotatable bonds is 6. The number of aliphatic carboxylic acids is 1. The van der Waals surface area contributed by atoms with Gasteiger partial charge in [-0.1, -0.05) is 27.7 Å². The number of hydrogen-bond donors (Lipinski definition) is 3. The maximum absolute atomic E-state index is 11.5. The molecule has 28 heavy (non-hydrogen) atoms. The third kappa shape index (κ3) is 7.13. The summed E-state index contributed by atoms with van der Waals surface area (Å²) in [7, 11) is 0. The number of carboxylic acid groups (broad SMARTS) is 1. The standard InChI is InChI=1S/C11H20O4S2.C10H17N/c1-7(5-16)10(14)15-8(9(12)13)6-17-11(2,3)4;11-10-4-7-1-8(5-10)3-9(2-7)6-10/h7-8,16H,5-6H2,1-4H3,(H,12,13);7-9H,1-6,11H2/t7-,8+;/m1./s1. The Morgan fingerprint density at radius 1 is 1.18 bits per heavy atom. The highest BCUT2D eigenvalue weighted by atomic mass is 32.2. The minimum absolute atomic E-state index is 0.0602. The molecule has 162 valence electrons. The number of ether oxygens (including phenoxy) is 1. The molecule has 4 saturated carbocycles. The third-order valence-electron chi connectivity index (χ3n) is 5.96. The number of thiol groups is 1. The maximum Gasteiger partial charge on any atom is 0.345 e. The van der Waals surface area contributed by atoms with Gasteiger partial charge in [0.25, 0.3) is 0 Å². The van der Waals surface area contributed by atoms with Crippen LogP contribution in [-0.2, 0) is 14.3 Å². The van der Waals surface area contributed by atoms with Gasteiger partial charge in [0.15, 0.2) is 0 Å². The molecule has 0 unspecified atom stereocenters. The van der Waals surface area contributed by atoms with E-state index in [1.54, 1.807) is 6.92 Å². The molecule has 4 bridgehead atoms. The summed E-state index contributed by atoms with van der Waals surface area (Å²) in [6.45, 7) is 7.60. The van der Waals surface area contributed by atoms with Crippen molar-refractivity contribution in [3.05, 3.63) is 0 Å². The van der Waals surface area contributed by atoms with Crippen LogP contribution in [-0.4, -0.2) is 44.9 Å². The van der Waals surface area contributed by atoms with Crippen LogP contribution in [0.2, 0.25) is 0 Å². The fraction of sp³-hybridized carbons (Fsp3) is 0.905. The van der Waals surface area contributed by atoms with Gasteiger partial charge in [0.05, 0.1) is 5.92 Å². The van der Waals surface area contributed by atoms with Crippen LogP contribution >= 0.6 is 24.4 Å². The predicted molar refractivity (Wildman–Crippen MR) is 118 cm³/mol. The van der Waals surface area contributed by atoms with Gasteiger partial charge in [0.1, 0.15) is 0 Å². The molecule has 4 aliphatic rings. The van der Waals surface area contributed by atoms with E-state index in [1.807, 2.05) is 20.8 Å². The Bertz CT molecular complexity index is 526. The summed E-state index contributed by atoms with van der Waals surface area (Å²) in [5.74, 6) is 1.65. The number of carbonyl (C=O) groups excluding carboxylic acids is 1. The fourth-order valence-electron chi connectivity index (χ4n) is 4.99. The molecule has 7 heteroatoms. The second-order valence-electron chi connectivity index (χ2n) is 10.1. The largest absolute Gasteiger partial charge is 0.478 e. The Morgan fingerprint density at radius 3 is 1.96 bits per heavy atom. The summed E-state index contributed by atoms with van der Waals surface area (Å²) in [6.07, 6.45) is 7.48. The zero-order valence-corrected chi connectivity index (χ0v) is 19.4. The molecule has 0 aromatic carbocycles. The SMILES string of the molecule is C[C@H](CS)C(=O)O[C@@H](CSC(C)(C)C)C(=O)O.NC12CC3CC(CC(C3)C1)C2. The van der Waals surface area contributed by atoms with Crippen LogP contribution in [0, 0.1) is 23.7 Å². The van der Waals surface area contributed by atoms with Crippen LogP contribution in [0.4, 0.5) is 0 Å². The Balaban J connectivity index is 0.000000215. The van der Waals surface area contributed by atoms with E-state index in [2.05, 4.69) is 12.6 Å². The van der Waals surface area contributed by atoms with E-state index in [0.29, 0.717) is 11.3 Å². The summed E-state index contributed by atoms with van der Waals surface area (Å²) >= 11 is 5.43. The molecule has 0 spiro atoms. The summed E-state index contributed by atoms with van der Waals surface area (Å²) in [5, 5.41) is 8.96. The van der Waals surface area contributed by atoms with Crippen molar-refractivity contribution in [2.75, 3.05) is 11.5 Å². The smallest absolute Gasteiger partial charge is 0.345 e. The van der Waals surface area contributed by atoms with E-state index in [9.17, 15) is 9.59 Å². The van der Waals surface area contributed by atoms with E-state index in [-0.39, 0.29) is 16.4 Å². The molecule has 5 nitrogen and oxygen atoms in total. The lowest BCUT2D eigenvalue weighted by atomic mass is 9.53. The van der Waals surface area contributed by atoms with Crippen molar-refractivity contribution >= 4 is 36.3 Å². The first kappa shape index (κ1) is 23.9. The van der Waals surface area contributed by atoms with Gasteiger partial charge >= 0.3 is 11.9 Å². The van der Waals surface area contributed by atoms with E-state index in [0.717, 1.165) is 17.8 Å². The van der Waals surface area contributed by atoms with E-state index < -0.39 is 18.0 Å². The van der Waals surface area contributed by atoms with Crippen molar-refractivity contribution in [2.45, 2.75) is 82.6 Å². The molecule has 4 fully saturated rings. The molecule has 4 aliphatic carbocycles. The van der Waals surface area contributed by atoms with Crippen molar-refractivity contribution in [3.8, 4) is 0 Å². The minimum Gasteiger partial charge on any atom is -0.478 e. The van der Waals surface area contributed by atoms with Crippen molar-refractivity contribution in [3.63, 3.8) is 0 Å². The van der Waals surface area contributed by atoms with Crippen molar-refractivity contribution < 1.29 is 19.4 Å². The van der Waals surface area contributed by atoms with Gasteiger partial charge in [0.2, 0.25) is 6.10 Å². The van der Waals surface area contributed by atoms with Crippen molar-refractivity contribution in [1.82, 2.24) is 0 Å². The first-order valence-electron chi connectivity index (χ1n) is 10.4. The summed E-state index contributed by atoms with van der Waals surface area (Å²) < 4.78 is 4.89. The number of hydrogen-bond acceptors (Lipinski definition) is 6. The molecule has 4 rings (SSSR count). The summed E-state index contributed by atoms with van der Waals surface area (Å²) in [4.78, 5) is 22.4. The quantitative estimate of drug-likeness (QED) is 0.435. The fourth-order valence-corrected chi connectivity index (χ4v) is 6.00. The topological polar surface area (TPSA) is 89.6 Å². The first-order chi connectivity index (χ1) is 12.9. The molecule has 0 aromatic rings. The number of esters is 1. The van der Waals surface area contributed by atoms with Crippen LogP contribution in [0.25, 0.3) is 0 Å². The second-order valence-corrected chi connectivity index (χ2v) is 12.3. The van der Waals surface area contributed by atoms with Gasteiger partial charge in [0, 0.05) is 21.8 Å². The summed E-state index contributed by atoms with van der Waals surface area (Å²) in [5.41, 5.74) is 6.62. The average Bonchev–Trinajstić information content (AvgIpc) is 2.54. The Labute approximate surface area is 179 Å². The molecular weight excluding hydrogens is 394 g/mol. The second kappa shape index (κ2) is 9.61. The molecule has 0 saturated heterocycles. The van der Waals surface area contributed by atoms with Crippen molar-refractivity contribution in [2.24, 2.45) is 29.4 Å². The number of nitrogens with two attached hydrogens (primary N) is 1. The van der Waals surface area contributed by atoms with Gasteiger partial charge in [-0.25, -0.2) is 4.79 Å². The van der Waals surface area contributed by atoms with Gasteiger partial charge in [-0.3, -0.25) is 4.79 Å². The van der Waals surface area contributed by atoms with Crippen LogP contribution in [0.1, 0.15) is 66.2 Å². The highest BCUT2D eigenvalue weighted by molar-refractivity contribution is 8.00. The van der Waals surface area contributed by atoms with E-state index in [4.69, 9.17) is 15.6 Å². The Hall–Kier alpha value is -0.400. The van der Waals surface area contributed by atoms with Gasteiger partial charge in [-0.05, 0) is 56.3 Å². The molecule has 0 aliphatic heterocycles. The highest BCUT2D eigenvalue weighted by Gasteiger charge is 2.48. The lowest BCUT2D eigenvalue weighted by Gasteiger charge is -2.55. The molecule has 0 amide bonds. The lowest BCUT2D eigenvalue weighted by molar-refractivity contribution is -0.164. The predicted octanol–water partition coefficient (Wildman–Crippen LogP) is 3.99. The minimum atomic E-state index is -1.11. The lowest BCUT2D eigenvalue weighted by Crippen LogP contribution is -2.55. The van der Waals surface area contributed by atoms with E-state index in [1.165, 1.54) is 50.3 Å². The van der Waals surface area contributed by atoms with Crippen LogP contribution in [0.3, 0.4) is 0 Å². The molecule has 3 N–H and O–H groups in total. The van der Waals surface area contributed by atoms with Crippen LogP contribution in [0.15, 0.2) is 0 Å². The highest BCUT2D eigenvalue weighted by Crippen LogP contribution is 2.54. The number of thioether (sulfide) groups is 1. The zero-order chi connectivity index (χ0) is 21.1. The average molecular weight is 432 g/mol. The molecular formula is C21H37NO4S2. The van der Waals surface area contributed by atoms with Crippen molar-refractivity contribution in [1.29, 1.82) is 0 Å². The number of carbonyl (C=O) groups is 2. The Morgan fingerprint density at radius 2 is 1.64 bits per heavy atom. The van der Waals surface area contributed by atoms with Gasteiger partial charge in [-0.15, -0.1) is 0 Å². The van der Waals surface area contributed by atoms with Crippen LogP contribution in [0.5, 0.6) is 0 Å². The third-order valence-corrected chi connectivity index (χ3v) is 7.85. The molecule has 0 aromatic heterocycles. The molecule has 0 heterocycles. The van der Waals surface area contributed by atoms with E-state index >= 15 is 0 Å². The zero-order valence-electron chi connectivity index (χ0n) is 17.6. The monoisotopic (exact) mass is 431 g/mol. The van der Waals surface area contributed by atoms with Crippen LogP contribution < -0.4 is 5.73 Å². The molecule has 2 atom stereocenters. The summed E-state index contributed by atoms with van der Waals surface area (Å²) in [6, 6.07) is 0. The first-order valence-corrected chi connectivity index (χ1v) is 12.0. The van der Waals surface area contributed by atoms with Gasteiger partial charge < -0.3 is 15.6 Å². The molecule has 0 radical (unpaired) electrons. The van der Waals surface area contributed by atoms with Gasteiger partial charge in [-0.2, -0.15) is 24.4 Å².